The van der Waals surface area contributed by atoms with E-state index in [1.165, 1.54) is 5.56 Å². The van der Waals surface area contributed by atoms with Gasteiger partial charge in [-0.15, -0.1) is 0 Å². The van der Waals surface area contributed by atoms with E-state index >= 15 is 0 Å². The van der Waals surface area contributed by atoms with Crippen LogP contribution in [0.25, 0.3) is 0 Å². The van der Waals surface area contributed by atoms with Crippen molar-refractivity contribution in [2.75, 3.05) is 26.8 Å². The third kappa shape index (κ3) is 4.73. The minimum Gasteiger partial charge on any atom is -0.496 e. The Morgan fingerprint density at radius 1 is 1.47 bits per heavy atom. The lowest BCUT2D eigenvalue weighted by Gasteiger charge is -2.10. The zero-order valence-corrected chi connectivity index (χ0v) is 10.6. The van der Waals surface area contributed by atoms with Crippen LogP contribution in [0.4, 0.5) is 0 Å². The Labute approximate surface area is 103 Å². The van der Waals surface area contributed by atoms with E-state index < -0.39 is 0 Å². The van der Waals surface area contributed by atoms with Gasteiger partial charge in [0.1, 0.15) is 5.75 Å². The second kappa shape index (κ2) is 7.27. The Balaban J connectivity index is 2.34. The molecule has 0 radical (unpaired) electrons. The SMILES string of the molecule is COc1ccc(CCNCC(N)CO)cc1C. The highest BCUT2D eigenvalue weighted by Crippen LogP contribution is 2.18. The van der Waals surface area contributed by atoms with Gasteiger partial charge < -0.3 is 20.9 Å². The Hall–Kier alpha value is -1.10. The third-order valence-corrected chi connectivity index (χ3v) is 2.69. The molecule has 0 aliphatic heterocycles. The zero-order chi connectivity index (χ0) is 12.7. The molecule has 0 bridgehead atoms. The van der Waals surface area contributed by atoms with Crippen LogP contribution >= 0.6 is 0 Å². The molecule has 0 aliphatic carbocycles. The van der Waals surface area contributed by atoms with Gasteiger partial charge in [0.15, 0.2) is 0 Å². The molecule has 96 valence electrons. The summed E-state index contributed by atoms with van der Waals surface area (Å²) in [5, 5.41) is 12.0. The highest BCUT2D eigenvalue weighted by atomic mass is 16.5. The van der Waals surface area contributed by atoms with E-state index in [0.717, 1.165) is 24.3 Å². The van der Waals surface area contributed by atoms with Crippen LogP contribution in [0.1, 0.15) is 11.1 Å². The molecule has 17 heavy (non-hydrogen) atoms. The summed E-state index contributed by atoms with van der Waals surface area (Å²) in [6.45, 7) is 3.57. The summed E-state index contributed by atoms with van der Waals surface area (Å²) in [7, 11) is 1.68. The summed E-state index contributed by atoms with van der Waals surface area (Å²) in [5.41, 5.74) is 8.01. The van der Waals surface area contributed by atoms with Crippen molar-refractivity contribution in [2.45, 2.75) is 19.4 Å². The van der Waals surface area contributed by atoms with Crippen molar-refractivity contribution < 1.29 is 9.84 Å². The maximum Gasteiger partial charge on any atom is 0.121 e. The number of ether oxygens (including phenoxy) is 1. The normalized spacial score (nSPS) is 12.5. The van der Waals surface area contributed by atoms with E-state index in [4.69, 9.17) is 15.6 Å². The zero-order valence-electron chi connectivity index (χ0n) is 10.6. The van der Waals surface area contributed by atoms with Crippen LogP contribution in [0.2, 0.25) is 0 Å². The van der Waals surface area contributed by atoms with Crippen LogP contribution in [0.3, 0.4) is 0 Å². The summed E-state index contributed by atoms with van der Waals surface area (Å²) in [4.78, 5) is 0. The number of benzene rings is 1. The molecule has 0 amide bonds. The first-order chi connectivity index (χ1) is 8.17. The van der Waals surface area contributed by atoms with Gasteiger partial charge in [0.25, 0.3) is 0 Å². The Kier molecular flexibility index (Phi) is 5.97. The first-order valence-corrected chi connectivity index (χ1v) is 5.88. The fourth-order valence-electron chi connectivity index (χ4n) is 1.68. The number of hydrogen-bond acceptors (Lipinski definition) is 4. The predicted octanol–water partition coefficient (Wildman–Crippen LogP) is 0.455. The molecule has 0 saturated carbocycles. The van der Waals surface area contributed by atoms with Gasteiger partial charge >= 0.3 is 0 Å². The van der Waals surface area contributed by atoms with Crippen molar-refractivity contribution in [3.63, 3.8) is 0 Å². The van der Waals surface area contributed by atoms with Crippen molar-refractivity contribution in [3.8, 4) is 5.75 Å². The topological polar surface area (TPSA) is 67.5 Å². The number of aliphatic hydroxyl groups excluding tert-OH is 1. The molecular formula is C13H22N2O2. The van der Waals surface area contributed by atoms with Gasteiger partial charge in [-0.25, -0.2) is 0 Å². The van der Waals surface area contributed by atoms with Crippen molar-refractivity contribution >= 4 is 0 Å². The highest BCUT2D eigenvalue weighted by molar-refractivity contribution is 5.36. The second-order valence-electron chi connectivity index (χ2n) is 4.20. The summed E-state index contributed by atoms with van der Waals surface area (Å²) in [6, 6.07) is 6.02. The Bertz CT molecular complexity index is 342. The maximum atomic E-state index is 8.77. The fraction of sp³-hybridized carbons (Fsp3) is 0.538. The van der Waals surface area contributed by atoms with Crippen LogP contribution in [-0.2, 0) is 6.42 Å². The van der Waals surface area contributed by atoms with Crippen LogP contribution in [-0.4, -0.2) is 38.0 Å². The average molecular weight is 238 g/mol. The summed E-state index contributed by atoms with van der Waals surface area (Å²) < 4.78 is 5.21. The van der Waals surface area contributed by atoms with Crippen molar-refractivity contribution in [3.05, 3.63) is 29.3 Å². The van der Waals surface area contributed by atoms with Gasteiger partial charge in [0.2, 0.25) is 0 Å². The molecule has 1 aromatic rings. The first-order valence-electron chi connectivity index (χ1n) is 5.88. The molecule has 0 heterocycles. The van der Waals surface area contributed by atoms with Gasteiger partial charge in [0.05, 0.1) is 13.7 Å². The minimum absolute atomic E-state index is 0.0225. The van der Waals surface area contributed by atoms with Gasteiger partial charge in [0, 0.05) is 12.6 Å². The lowest BCUT2D eigenvalue weighted by Crippen LogP contribution is -2.37. The summed E-state index contributed by atoms with van der Waals surface area (Å²) in [6.07, 6.45) is 0.947. The van der Waals surface area contributed by atoms with E-state index in [-0.39, 0.29) is 12.6 Å². The molecule has 0 fully saturated rings. The number of nitrogens with two attached hydrogens (primary N) is 1. The third-order valence-electron chi connectivity index (χ3n) is 2.69. The molecule has 4 nitrogen and oxygen atoms in total. The Morgan fingerprint density at radius 2 is 2.24 bits per heavy atom. The molecule has 1 atom stereocenters. The lowest BCUT2D eigenvalue weighted by atomic mass is 10.1. The maximum absolute atomic E-state index is 8.77. The largest absolute Gasteiger partial charge is 0.496 e. The number of aliphatic hydroxyl groups is 1. The van der Waals surface area contributed by atoms with Crippen LogP contribution in [0.15, 0.2) is 18.2 Å². The van der Waals surface area contributed by atoms with E-state index in [1.54, 1.807) is 7.11 Å². The Morgan fingerprint density at radius 3 is 2.82 bits per heavy atom. The molecule has 0 aromatic heterocycles. The first kappa shape index (κ1) is 14.0. The van der Waals surface area contributed by atoms with E-state index in [2.05, 4.69) is 17.4 Å². The molecule has 1 aromatic carbocycles. The number of methoxy groups -OCH3 is 1. The molecule has 0 aliphatic rings. The van der Waals surface area contributed by atoms with Gasteiger partial charge in [-0.1, -0.05) is 12.1 Å². The number of hydrogen-bond donors (Lipinski definition) is 3. The van der Waals surface area contributed by atoms with Gasteiger partial charge in [-0.05, 0) is 37.1 Å². The molecule has 4 heteroatoms. The van der Waals surface area contributed by atoms with Crippen LogP contribution in [0.5, 0.6) is 5.75 Å². The fourth-order valence-corrected chi connectivity index (χ4v) is 1.68. The highest BCUT2D eigenvalue weighted by Gasteiger charge is 2.01. The van der Waals surface area contributed by atoms with Gasteiger partial charge in [-0.3, -0.25) is 0 Å². The lowest BCUT2D eigenvalue weighted by molar-refractivity contribution is 0.262. The average Bonchev–Trinajstić information content (AvgIpc) is 2.34. The van der Waals surface area contributed by atoms with Crippen molar-refractivity contribution in [1.29, 1.82) is 0 Å². The number of aryl methyl sites for hydroxylation is 1. The molecule has 1 rings (SSSR count). The predicted molar refractivity (Wildman–Crippen MR) is 69.4 cm³/mol. The monoisotopic (exact) mass is 238 g/mol. The molecule has 4 N–H and O–H groups in total. The molecule has 0 saturated heterocycles. The quantitative estimate of drug-likeness (QED) is 0.604. The van der Waals surface area contributed by atoms with Crippen molar-refractivity contribution in [1.82, 2.24) is 5.32 Å². The minimum atomic E-state index is -0.174. The van der Waals surface area contributed by atoms with E-state index in [9.17, 15) is 0 Å². The standard InChI is InChI=1S/C13H22N2O2/c1-10-7-11(3-4-13(10)17-2)5-6-15-8-12(14)9-16/h3-4,7,12,15-16H,5-6,8-9,14H2,1-2H3. The summed E-state index contributed by atoms with van der Waals surface area (Å²) >= 11 is 0. The van der Waals surface area contributed by atoms with Crippen LogP contribution < -0.4 is 15.8 Å². The number of nitrogens with one attached hydrogen (secondary N) is 1. The van der Waals surface area contributed by atoms with E-state index in [1.807, 2.05) is 13.0 Å². The van der Waals surface area contributed by atoms with E-state index in [0.29, 0.717) is 6.54 Å². The smallest absolute Gasteiger partial charge is 0.121 e. The summed E-state index contributed by atoms with van der Waals surface area (Å²) in [5.74, 6) is 0.920. The second-order valence-corrected chi connectivity index (χ2v) is 4.20. The van der Waals surface area contributed by atoms with Gasteiger partial charge in [-0.2, -0.15) is 0 Å². The van der Waals surface area contributed by atoms with Crippen molar-refractivity contribution in [2.24, 2.45) is 5.73 Å². The molecular weight excluding hydrogens is 216 g/mol. The van der Waals surface area contributed by atoms with Crippen LogP contribution in [0, 0.1) is 6.92 Å². The molecule has 1 unspecified atom stereocenters. The number of rotatable bonds is 7. The molecule has 0 spiro atoms.